The summed E-state index contributed by atoms with van der Waals surface area (Å²) in [6, 6.07) is 8.13. The average Bonchev–Trinajstić information content (AvgIpc) is 2.19. The normalized spacial score (nSPS) is 8.93. The van der Waals surface area contributed by atoms with Crippen molar-refractivity contribution in [2.24, 2.45) is 0 Å². The van der Waals surface area contributed by atoms with E-state index in [1.54, 1.807) is 7.11 Å². The molecule has 1 rings (SSSR count). The molecule has 0 atom stereocenters. The molecule has 0 aromatic heterocycles. The summed E-state index contributed by atoms with van der Waals surface area (Å²) < 4.78 is 5.21. The molecule has 0 N–H and O–H groups in total. The van der Waals surface area contributed by atoms with Crippen LogP contribution in [0, 0.1) is 0 Å². The van der Waals surface area contributed by atoms with Gasteiger partial charge in [-0.05, 0) is 17.5 Å². The maximum absolute atomic E-state index is 8.67. The van der Waals surface area contributed by atoms with Crippen molar-refractivity contribution < 1.29 is 9.53 Å². The summed E-state index contributed by atoms with van der Waals surface area (Å²) in [5, 5.41) is 0. The fourth-order valence-electron chi connectivity index (χ4n) is 1.14. The molecule has 0 radical (unpaired) electrons. The lowest BCUT2D eigenvalue weighted by Crippen LogP contribution is -1.92. The van der Waals surface area contributed by atoms with Crippen molar-refractivity contribution in [1.29, 1.82) is 0 Å². The van der Waals surface area contributed by atoms with Gasteiger partial charge in [-0.25, -0.2) is 0 Å². The molecule has 0 saturated heterocycles. The number of rotatable bonds is 2. The molecule has 3 heteroatoms. The van der Waals surface area contributed by atoms with Gasteiger partial charge in [0.05, 0.1) is 7.11 Å². The number of ether oxygens (including phenoxy) is 1. The van der Waals surface area contributed by atoms with E-state index in [1.807, 2.05) is 18.2 Å². The van der Waals surface area contributed by atoms with Crippen LogP contribution in [0.3, 0.4) is 0 Å². The summed E-state index contributed by atoms with van der Waals surface area (Å²) >= 11 is 3.11. The number of hydrogen-bond acceptors (Lipinski definition) is 2. The van der Waals surface area contributed by atoms with Gasteiger partial charge in [0.1, 0.15) is 5.75 Å². The summed E-state index contributed by atoms with van der Waals surface area (Å²) in [7, 11) is 1.71. The highest BCUT2D eigenvalue weighted by Crippen LogP contribution is 2.24. The van der Waals surface area contributed by atoms with Crippen LogP contribution in [-0.4, -0.2) is 12.7 Å². The smallest absolute Gasteiger partial charge is 0.173 e. The third-order valence-electron chi connectivity index (χ3n) is 1.76. The molecule has 0 saturated carbocycles. The van der Waals surface area contributed by atoms with Crippen LogP contribution < -0.4 is 4.74 Å². The number of benzene rings is 1. The largest absolute Gasteiger partial charge is 0.496 e. The molecule has 1 aromatic carbocycles. The molecule has 2 nitrogen and oxygen atoms in total. The Morgan fingerprint density at radius 3 is 2.21 bits per heavy atom. The first kappa shape index (κ1) is 13.0. The topological polar surface area (TPSA) is 26.3 Å². The molecule has 0 bridgehead atoms. The first-order valence-corrected chi connectivity index (χ1v) is 4.89. The molecule has 0 fully saturated rings. The monoisotopic (exact) mass is 212 g/mol. The van der Waals surface area contributed by atoms with Crippen LogP contribution in [0.4, 0.5) is 0 Å². The van der Waals surface area contributed by atoms with Crippen molar-refractivity contribution in [3.63, 3.8) is 0 Å². The Morgan fingerprint density at radius 2 is 1.86 bits per heavy atom. The van der Waals surface area contributed by atoms with E-state index in [0.29, 0.717) is 11.5 Å². The zero-order chi connectivity index (χ0) is 11.0. The van der Waals surface area contributed by atoms with Gasteiger partial charge in [-0.2, -0.15) is 0 Å². The van der Waals surface area contributed by atoms with Crippen molar-refractivity contribution >= 4 is 18.2 Å². The summed E-state index contributed by atoms with van der Waals surface area (Å²) in [5.41, 5.74) is 1.72. The highest BCUT2D eigenvalue weighted by atomic mass is 32.1. The Hall–Kier alpha value is -0.960. The summed E-state index contributed by atoms with van der Waals surface area (Å²) in [4.78, 5) is 8.67. The number of methoxy groups -OCH3 is 1. The van der Waals surface area contributed by atoms with E-state index >= 15 is 0 Å². The van der Waals surface area contributed by atoms with Crippen LogP contribution in [0.15, 0.2) is 24.3 Å². The molecule has 14 heavy (non-hydrogen) atoms. The van der Waals surface area contributed by atoms with Crippen LogP contribution >= 0.6 is 12.6 Å². The SMILES string of the molecule is COc1ccccc1C(C)C.O=CS. The molecular weight excluding hydrogens is 196 g/mol. The first-order valence-electron chi connectivity index (χ1n) is 4.38. The van der Waals surface area contributed by atoms with Crippen LogP contribution in [0.5, 0.6) is 5.75 Å². The Morgan fingerprint density at radius 1 is 1.36 bits per heavy atom. The van der Waals surface area contributed by atoms with Crippen molar-refractivity contribution in [2.75, 3.05) is 7.11 Å². The lowest BCUT2D eigenvalue weighted by Gasteiger charge is -2.10. The lowest BCUT2D eigenvalue weighted by atomic mass is 10.0. The number of carbonyl (C=O) groups is 1. The third kappa shape index (κ3) is 4.33. The van der Waals surface area contributed by atoms with Crippen LogP contribution in [0.1, 0.15) is 25.3 Å². The highest BCUT2D eigenvalue weighted by Gasteiger charge is 2.03. The number of thiol groups is 1. The first-order chi connectivity index (χ1) is 6.67. The van der Waals surface area contributed by atoms with Gasteiger partial charge in [0.15, 0.2) is 5.62 Å². The van der Waals surface area contributed by atoms with Gasteiger partial charge >= 0.3 is 0 Å². The minimum Gasteiger partial charge on any atom is -0.496 e. The molecule has 0 unspecified atom stereocenters. The predicted octanol–water partition coefficient (Wildman–Crippen LogP) is 2.93. The van der Waals surface area contributed by atoms with E-state index < -0.39 is 0 Å². The Balaban J connectivity index is 0.000000500. The minimum absolute atomic E-state index is 0.444. The Labute approximate surface area is 90.7 Å². The van der Waals surface area contributed by atoms with E-state index in [-0.39, 0.29) is 0 Å². The van der Waals surface area contributed by atoms with E-state index in [0.717, 1.165) is 5.75 Å². The molecule has 0 amide bonds. The Kier molecular flexibility index (Phi) is 6.93. The molecule has 78 valence electrons. The molecular formula is C11H16O2S. The average molecular weight is 212 g/mol. The second kappa shape index (κ2) is 7.44. The third-order valence-corrected chi connectivity index (χ3v) is 1.76. The standard InChI is InChI=1S/C10H14O.CH2OS/c1-8(2)9-6-4-5-7-10(9)11-3;2-1-3/h4-8H,1-3H3;1H,(H,2,3). The van der Waals surface area contributed by atoms with Crippen LogP contribution in [-0.2, 0) is 4.79 Å². The van der Waals surface area contributed by atoms with Crippen molar-refractivity contribution in [2.45, 2.75) is 19.8 Å². The zero-order valence-electron chi connectivity index (χ0n) is 8.73. The minimum atomic E-state index is 0.444. The summed E-state index contributed by atoms with van der Waals surface area (Å²) in [5.74, 6) is 1.52. The predicted molar refractivity (Wildman–Crippen MR) is 62.8 cm³/mol. The van der Waals surface area contributed by atoms with Crippen molar-refractivity contribution in [1.82, 2.24) is 0 Å². The van der Waals surface area contributed by atoms with E-state index in [4.69, 9.17) is 9.53 Å². The fraction of sp³-hybridized carbons (Fsp3) is 0.364. The van der Waals surface area contributed by atoms with Gasteiger partial charge in [-0.1, -0.05) is 32.0 Å². The summed E-state index contributed by atoms with van der Waals surface area (Å²) in [6.45, 7) is 4.33. The fourth-order valence-corrected chi connectivity index (χ4v) is 1.14. The van der Waals surface area contributed by atoms with E-state index in [2.05, 4.69) is 32.5 Å². The summed E-state index contributed by atoms with van der Waals surface area (Å²) in [6.07, 6.45) is 0. The number of hydrogen-bond donors (Lipinski definition) is 1. The molecule has 0 spiro atoms. The number of para-hydroxylation sites is 1. The van der Waals surface area contributed by atoms with Gasteiger partial charge in [-0.3, -0.25) is 4.79 Å². The second-order valence-electron chi connectivity index (χ2n) is 3.00. The van der Waals surface area contributed by atoms with E-state index in [1.165, 1.54) is 5.56 Å². The molecule has 0 aliphatic carbocycles. The van der Waals surface area contributed by atoms with Crippen LogP contribution in [0.2, 0.25) is 0 Å². The maximum Gasteiger partial charge on any atom is 0.173 e. The highest BCUT2D eigenvalue weighted by molar-refractivity contribution is 7.94. The van der Waals surface area contributed by atoms with Gasteiger partial charge in [-0.15, -0.1) is 12.6 Å². The van der Waals surface area contributed by atoms with Crippen molar-refractivity contribution in [3.8, 4) is 5.75 Å². The van der Waals surface area contributed by atoms with Gasteiger partial charge < -0.3 is 4.74 Å². The zero-order valence-corrected chi connectivity index (χ0v) is 9.62. The van der Waals surface area contributed by atoms with E-state index in [9.17, 15) is 0 Å². The van der Waals surface area contributed by atoms with Gasteiger partial charge in [0.2, 0.25) is 0 Å². The van der Waals surface area contributed by atoms with Gasteiger partial charge in [0.25, 0.3) is 0 Å². The molecule has 1 aromatic rings. The number of carbonyl (C=O) groups excluding carboxylic acids is 1. The second-order valence-corrected chi connectivity index (χ2v) is 3.21. The van der Waals surface area contributed by atoms with Gasteiger partial charge in [0, 0.05) is 0 Å². The Bertz CT molecular complexity index is 272. The molecule has 0 aliphatic heterocycles. The van der Waals surface area contributed by atoms with Crippen molar-refractivity contribution in [3.05, 3.63) is 29.8 Å². The quantitative estimate of drug-likeness (QED) is 0.602. The van der Waals surface area contributed by atoms with Crippen LogP contribution in [0.25, 0.3) is 0 Å². The maximum atomic E-state index is 8.67. The lowest BCUT2D eigenvalue weighted by molar-refractivity contribution is 0.407. The molecule has 0 heterocycles. The molecule has 0 aliphatic rings.